The molecule has 0 aromatic carbocycles. The summed E-state index contributed by atoms with van der Waals surface area (Å²) in [6.45, 7) is 4.11. The predicted molar refractivity (Wildman–Crippen MR) is 77.9 cm³/mol. The monoisotopic (exact) mass is 346 g/mol. The Morgan fingerprint density at radius 2 is 2.15 bits per heavy atom. The molecule has 1 heterocycles. The third kappa shape index (κ3) is 4.35. The molecule has 0 aliphatic heterocycles. The quantitative estimate of drug-likeness (QED) is 0.819. The number of carbonyl (C=O) groups excluding carboxylic acids is 1. The highest BCUT2D eigenvalue weighted by Gasteiger charge is 2.22. The second kappa shape index (κ2) is 7.44. The molecule has 7 heteroatoms. The van der Waals surface area contributed by atoms with Crippen LogP contribution in [0, 0.1) is 0 Å². The predicted octanol–water partition coefficient (Wildman–Crippen LogP) is 2.00. The number of amides is 1. The van der Waals surface area contributed by atoms with E-state index in [0.29, 0.717) is 12.3 Å². The minimum atomic E-state index is -1.05. The van der Waals surface area contributed by atoms with Gasteiger partial charge in [-0.05, 0) is 35.8 Å². The molecule has 0 fully saturated rings. The lowest BCUT2D eigenvalue weighted by Crippen LogP contribution is -2.39. The lowest BCUT2D eigenvalue weighted by atomic mass is 10.3. The van der Waals surface area contributed by atoms with Crippen LogP contribution in [0.1, 0.15) is 30.4 Å². The van der Waals surface area contributed by atoms with Gasteiger partial charge in [0.25, 0.3) is 5.91 Å². The number of halogens is 1. The SMILES string of the molecule is COCCN(CC(=O)O)C(=O)c1cc(Br)cn1C(C)C. The van der Waals surface area contributed by atoms with Crippen LogP contribution in [-0.2, 0) is 9.53 Å². The van der Waals surface area contributed by atoms with E-state index in [9.17, 15) is 9.59 Å². The van der Waals surface area contributed by atoms with Gasteiger partial charge in [-0.15, -0.1) is 0 Å². The number of rotatable bonds is 7. The Morgan fingerprint density at radius 3 is 2.65 bits per heavy atom. The van der Waals surface area contributed by atoms with E-state index < -0.39 is 5.97 Å². The number of carboxylic acids is 1. The molecule has 1 aromatic heterocycles. The average Bonchev–Trinajstić information content (AvgIpc) is 2.75. The summed E-state index contributed by atoms with van der Waals surface area (Å²) in [5.41, 5.74) is 0.462. The smallest absolute Gasteiger partial charge is 0.323 e. The lowest BCUT2D eigenvalue weighted by Gasteiger charge is -2.22. The third-order valence-electron chi connectivity index (χ3n) is 2.77. The molecule has 1 N–H and O–H groups in total. The van der Waals surface area contributed by atoms with Gasteiger partial charge in [-0.1, -0.05) is 0 Å². The van der Waals surface area contributed by atoms with Crippen LogP contribution in [0.2, 0.25) is 0 Å². The molecule has 6 nitrogen and oxygen atoms in total. The number of ether oxygens (including phenoxy) is 1. The van der Waals surface area contributed by atoms with Gasteiger partial charge in [-0.2, -0.15) is 0 Å². The molecule has 112 valence electrons. The maximum absolute atomic E-state index is 12.5. The molecule has 1 amide bonds. The lowest BCUT2D eigenvalue weighted by molar-refractivity contribution is -0.137. The normalized spacial score (nSPS) is 10.8. The average molecular weight is 347 g/mol. The summed E-state index contributed by atoms with van der Waals surface area (Å²) in [6, 6.07) is 1.80. The fourth-order valence-electron chi connectivity index (χ4n) is 1.82. The van der Waals surface area contributed by atoms with Crippen LogP contribution in [0.25, 0.3) is 0 Å². The first-order valence-electron chi connectivity index (χ1n) is 6.24. The first-order valence-corrected chi connectivity index (χ1v) is 7.03. The molecule has 20 heavy (non-hydrogen) atoms. The number of carbonyl (C=O) groups is 2. The minimum absolute atomic E-state index is 0.106. The van der Waals surface area contributed by atoms with Gasteiger partial charge < -0.3 is 19.3 Å². The number of aliphatic carboxylic acids is 1. The summed E-state index contributed by atoms with van der Waals surface area (Å²) in [5, 5.41) is 8.91. The van der Waals surface area contributed by atoms with Crippen molar-refractivity contribution in [3.05, 3.63) is 22.4 Å². The molecular formula is C13H19BrN2O4. The Morgan fingerprint density at radius 1 is 1.50 bits per heavy atom. The Balaban J connectivity index is 3.01. The number of hydrogen-bond acceptors (Lipinski definition) is 3. The third-order valence-corrected chi connectivity index (χ3v) is 3.20. The Labute approximate surface area is 126 Å². The van der Waals surface area contributed by atoms with E-state index in [2.05, 4.69) is 15.9 Å². The van der Waals surface area contributed by atoms with Crippen molar-refractivity contribution in [1.29, 1.82) is 0 Å². The molecule has 0 unspecified atom stereocenters. The highest BCUT2D eigenvalue weighted by molar-refractivity contribution is 9.10. The molecule has 1 rings (SSSR count). The van der Waals surface area contributed by atoms with E-state index in [4.69, 9.17) is 9.84 Å². The number of hydrogen-bond donors (Lipinski definition) is 1. The van der Waals surface area contributed by atoms with Gasteiger partial charge in [-0.25, -0.2) is 0 Å². The Hall–Kier alpha value is -1.34. The number of methoxy groups -OCH3 is 1. The minimum Gasteiger partial charge on any atom is -0.480 e. The summed E-state index contributed by atoms with van der Waals surface area (Å²) < 4.78 is 7.52. The fraction of sp³-hybridized carbons (Fsp3) is 0.538. The van der Waals surface area contributed by atoms with Gasteiger partial charge in [-0.3, -0.25) is 9.59 Å². The van der Waals surface area contributed by atoms with E-state index in [1.807, 2.05) is 24.6 Å². The van der Waals surface area contributed by atoms with E-state index >= 15 is 0 Å². The zero-order chi connectivity index (χ0) is 15.3. The molecule has 0 bridgehead atoms. The zero-order valence-electron chi connectivity index (χ0n) is 11.8. The van der Waals surface area contributed by atoms with Gasteiger partial charge in [0.05, 0.1) is 6.61 Å². The molecule has 1 aromatic rings. The van der Waals surface area contributed by atoms with Crippen molar-refractivity contribution in [2.24, 2.45) is 0 Å². The van der Waals surface area contributed by atoms with Crippen molar-refractivity contribution in [2.75, 3.05) is 26.8 Å². The second-order valence-corrected chi connectivity index (χ2v) is 5.57. The standard InChI is InChI=1S/C13H19BrN2O4/c1-9(2)16-7-10(14)6-11(16)13(19)15(4-5-20-3)8-12(17)18/h6-7,9H,4-5,8H2,1-3H3,(H,17,18). The van der Waals surface area contributed by atoms with Gasteiger partial charge in [0.1, 0.15) is 12.2 Å². The largest absolute Gasteiger partial charge is 0.480 e. The van der Waals surface area contributed by atoms with Crippen molar-refractivity contribution in [2.45, 2.75) is 19.9 Å². The van der Waals surface area contributed by atoms with Crippen LogP contribution in [-0.4, -0.2) is 53.3 Å². The maximum atomic E-state index is 12.5. The second-order valence-electron chi connectivity index (χ2n) is 4.66. The van der Waals surface area contributed by atoms with E-state index in [0.717, 1.165) is 4.47 Å². The maximum Gasteiger partial charge on any atom is 0.323 e. The molecular weight excluding hydrogens is 328 g/mol. The van der Waals surface area contributed by atoms with Crippen LogP contribution in [0.5, 0.6) is 0 Å². The summed E-state index contributed by atoms with van der Waals surface area (Å²) in [7, 11) is 1.51. The van der Waals surface area contributed by atoms with Crippen LogP contribution < -0.4 is 0 Å². The van der Waals surface area contributed by atoms with E-state index in [1.165, 1.54) is 12.0 Å². The summed E-state index contributed by atoms with van der Waals surface area (Å²) in [5.74, 6) is -1.36. The first-order chi connectivity index (χ1) is 9.36. The topological polar surface area (TPSA) is 71.8 Å². The summed E-state index contributed by atoms with van der Waals surface area (Å²) in [6.07, 6.45) is 1.81. The summed E-state index contributed by atoms with van der Waals surface area (Å²) >= 11 is 3.34. The number of carboxylic acid groups (broad SMARTS) is 1. The van der Waals surface area contributed by atoms with E-state index in [1.54, 1.807) is 6.07 Å². The molecule has 0 spiro atoms. The van der Waals surface area contributed by atoms with Crippen LogP contribution in [0.3, 0.4) is 0 Å². The van der Waals surface area contributed by atoms with Crippen molar-refractivity contribution in [1.82, 2.24) is 9.47 Å². The number of nitrogens with zero attached hydrogens (tertiary/aromatic N) is 2. The van der Waals surface area contributed by atoms with Gasteiger partial charge in [0.2, 0.25) is 0 Å². The molecule has 0 saturated carbocycles. The first kappa shape index (κ1) is 16.7. The summed E-state index contributed by atoms with van der Waals surface area (Å²) in [4.78, 5) is 24.6. The zero-order valence-corrected chi connectivity index (χ0v) is 13.4. The van der Waals surface area contributed by atoms with Gasteiger partial charge in [0, 0.05) is 30.4 Å². The Kier molecular flexibility index (Phi) is 6.22. The van der Waals surface area contributed by atoms with E-state index in [-0.39, 0.29) is 25.0 Å². The van der Waals surface area contributed by atoms with Crippen molar-refractivity contribution >= 4 is 27.8 Å². The van der Waals surface area contributed by atoms with Gasteiger partial charge >= 0.3 is 5.97 Å². The molecule has 0 aliphatic rings. The van der Waals surface area contributed by atoms with Crippen LogP contribution >= 0.6 is 15.9 Å². The molecule has 0 aliphatic carbocycles. The van der Waals surface area contributed by atoms with Crippen molar-refractivity contribution in [3.63, 3.8) is 0 Å². The molecule has 0 saturated heterocycles. The van der Waals surface area contributed by atoms with Crippen molar-refractivity contribution in [3.8, 4) is 0 Å². The van der Waals surface area contributed by atoms with Gasteiger partial charge in [0.15, 0.2) is 0 Å². The fourth-order valence-corrected chi connectivity index (χ4v) is 2.26. The van der Waals surface area contributed by atoms with Crippen LogP contribution in [0.15, 0.2) is 16.7 Å². The molecule has 0 atom stereocenters. The number of aromatic nitrogens is 1. The van der Waals surface area contributed by atoms with Crippen LogP contribution in [0.4, 0.5) is 0 Å². The van der Waals surface area contributed by atoms with Crippen molar-refractivity contribution < 1.29 is 19.4 Å². The highest BCUT2D eigenvalue weighted by Crippen LogP contribution is 2.20. The highest BCUT2D eigenvalue weighted by atomic mass is 79.9. The molecule has 0 radical (unpaired) electrons. The Bertz CT molecular complexity index is 485.